The van der Waals surface area contributed by atoms with Crippen molar-refractivity contribution in [2.24, 2.45) is 5.92 Å². The summed E-state index contributed by atoms with van der Waals surface area (Å²) in [5.41, 5.74) is 0.901. The number of ether oxygens (including phenoxy) is 2. The zero-order valence-electron chi connectivity index (χ0n) is 12.4. The topological polar surface area (TPSA) is 33.7 Å². The van der Waals surface area contributed by atoms with E-state index in [1.807, 2.05) is 6.07 Å². The summed E-state index contributed by atoms with van der Waals surface area (Å²) >= 11 is 6.27. The predicted octanol–water partition coefficient (Wildman–Crippen LogP) is 3.11. The summed E-state index contributed by atoms with van der Waals surface area (Å²) in [5, 5.41) is 4.09. The van der Waals surface area contributed by atoms with Gasteiger partial charge in [-0.2, -0.15) is 0 Å². The lowest BCUT2D eigenvalue weighted by molar-refractivity contribution is 0.217. The van der Waals surface area contributed by atoms with Crippen LogP contribution in [0.2, 0.25) is 5.02 Å². The number of methoxy groups -OCH3 is 2. The second-order valence-electron chi connectivity index (χ2n) is 5.34. The third-order valence-corrected chi connectivity index (χ3v) is 4.09. The normalized spacial score (nSPS) is 19.7. The molecule has 0 spiro atoms. The molecule has 0 amide bonds. The van der Waals surface area contributed by atoms with E-state index in [2.05, 4.69) is 17.3 Å². The van der Waals surface area contributed by atoms with Crippen molar-refractivity contribution in [3.63, 3.8) is 0 Å². The van der Waals surface area contributed by atoms with Crippen LogP contribution in [0.3, 0.4) is 0 Å². The van der Waals surface area contributed by atoms with Crippen molar-refractivity contribution in [3.8, 4) is 11.5 Å². The molecule has 0 aromatic heterocycles. The summed E-state index contributed by atoms with van der Waals surface area (Å²) in [5.74, 6) is 2.01. The Balaban J connectivity index is 2.01. The minimum atomic E-state index is 0.653. The van der Waals surface area contributed by atoms with Crippen LogP contribution in [0.15, 0.2) is 12.1 Å². The molecule has 1 aliphatic heterocycles. The maximum atomic E-state index is 6.27. The van der Waals surface area contributed by atoms with Crippen molar-refractivity contribution in [1.29, 1.82) is 0 Å². The highest BCUT2D eigenvalue weighted by Gasteiger charge is 2.17. The molecule has 1 fully saturated rings. The van der Waals surface area contributed by atoms with Gasteiger partial charge in [-0.3, -0.25) is 0 Å². The predicted molar refractivity (Wildman–Crippen MR) is 83.3 cm³/mol. The average Bonchev–Trinajstić information content (AvgIpc) is 2.45. The van der Waals surface area contributed by atoms with Crippen LogP contribution in [0.5, 0.6) is 11.5 Å². The maximum Gasteiger partial charge on any atom is 0.162 e. The molecule has 112 valence electrons. The van der Waals surface area contributed by atoms with Gasteiger partial charge in [0.2, 0.25) is 0 Å². The first-order valence-electron chi connectivity index (χ1n) is 6.98. The van der Waals surface area contributed by atoms with Gasteiger partial charge in [-0.25, -0.2) is 0 Å². The number of anilines is 1. The molecule has 0 aliphatic carbocycles. The van der Waals surface area contributed by atoms with Gasteiger partial charge < -0.3 is 19.7 Å². The van der Waals surface area contributed by atoms with Crippen molar-refractivity contribution in [2.75, 3.05) is 46.2 Å². The molecule has 0 saturated carbocycles. The van der Waals surface area contributed by atoms with Gasteiger partial charge in [-0.15, -0.1) is 0 Å². The standard InChI is InChI=1S/C15H23ClN2O2/c1-18-6-4-5-11(10-18)9-17-13-8-15(20-3)14(19-2)7-12(13)16/h7-8,11,17H,4-6,9-10H2,1-3H3. The number of rotatable bonds is 5. The smallest absolute Gasteiger partial charge is 0.162 e. The molecule has 1 aromatic rings. The molecule has 1 saturated heterocycles. The fourth-order valence-electron chi connectivity index (χ4n) is 2.68. The lowest BCUT2D eigenvalue weighted by Gasteiger charge is -2.30. The molecule has 1 aromatic carbocycles. The Morgan fingerprint density at radius 1 is 1.30 bits per heavy atom. The Bertz CT molecular complexity index is 454. The van der Waals surface area contributed by atoms with Crippen molar-refractivity contribution in [3.05, 3.63) is 17.2 Å². The lowest BCUT2D eigenvalue weighted by Crippen LogP contribution is -2.35. The molecule has 1 unspecified atom stereocenters. The van der Waals surface area contributed by atoms with Gasteiger partial charge in [0.25, 0.3) is 0 Å². The second kappa shape index (κ2) is 7.04. The first kappa shape index (κ1) is 15.3. The Kier molecular flexibility index (Phi) is 5.38. The summed E-state index contributed by atoms with van der Waals surface area (Å²) in [6, 6.07) is 3.68. The summed E-state index contributed by atoms with van der Waals surface area (Å²) < 4.78 is 10.5. The molecule has 4 nitrogen and oxygen atoms in total. The molecule has 1 N–H and O–H groups in total. The van der Waals surface area contributed by atoms with E-state index in [0.717, 1.165) is 18.8 Å². The van der Waals surface area contributed by atoms with Crippen molar-refractivity contribution in [2.45, 2.75) is 12.8 Å². The zero-order chi connectivity index (χ0) is 14.5. The SMILES string of the molecule is COc1cc(Cl)c(NCC2CCCN(C)C2)cc1OC. The highest BCUT2D eigenvalue weighted by Crippen LogP contribution is 2.36. The Hall–Kier alpha value is -1.13. The fourth-order valence-corrected chi connectivity index (χ4v) is 2.90. The van der Waals surface area contributed by atoms with E-state index in [4.69, 9.17) is 21.1 Å². The van der Waals surface area contributed by atoms with Crippen LogP contribution < -0.4 is 14.8 Å². The van der Waals surface area contributed by atoms with Crippen LogP contribution in [-0.4, -0.2) is 45.8 Å². The lowest BCUT2D eigenvalue weighted by atomic mass is 9.98. The van der Waals surface area contributed by atoms with Gasteiger partial charge in [0.05, 0.1) is 24.9 Å². The van der Waals surface area contributed by atoms with Crippen LogP contribution in [-0.2, 0) is 0 Å². The summed E-state index contributed by atoms with van der Waals surface area (Å²) in [6.07, 6.45) is 2.53. The minimum Gasteiger partial charge on any atom is -0.493 e. The van der Waals surface area contributed by atoms with Crippen molar-refractivity contribution in [1.82, 2.24) is 4.90 Å². The van der Waals surface area contributed by atoms with Crippen LogP contribution in [0.1, 0.15) is 12.8 Å². The zero-order valence-corrected chi connectivity index (χ0v) is 13.2. The summed E-state index contributed by atoms with van der Waals surface area (Å²) in [6.45, 7) is 3.27. The molecular formula is C15H23ClN2O2. The molecule has 2 rings (SSSR count). The van der Waals surface area contributed by atoms with Gasteiger partial charge >= 0.3 is 0 Å². The molecular weight excluding hydrogens is 276 g/mol. The fraction of sp³-hybridized carbons (Fsp3) is 0.600. The molecule has 1 aliphatic rings. The molecule has 5 heteroatoms. The van der Waals surface area contributed by atoms with Crippen molar-refractivity contribution < 1.29 is 9.47 Å². The third kappa shape index (κ3) is 3.70. The number of nitrogens with zero attached hydrogens (tertiary/aromatic N) is 1. The summed E-state index contributed by atoms with van der Waals surface area (Å²) in [4.78, 5) is 2.38. The third-order valence-electron chi connectivity index (χ3n) is 3.78. The first-order valence-corrected chi connectivity index (χ1v) is 7.35. The Morgan fingerprint density at radius 2 is 2.00 bits per heavy atom. The number of halogens is 1. The summed E-state index contributed by atoms with van der Waals surface area (Å²) in [7, 11) is 5.42. The molecule has 0 radical (unpaired) electrons. The van der Waals surface area contributed by atoms with E-state index in [9.17, 15) is 0 Å². The van der Waals surface area contributed by atoms with Gasteiger partial charge in [-0.1, -0.05) is 11.6 Å². The van der Waals surface area contributed by atoms with Gasteiger partial charge in [0.1, 0.15) is 0 Å². The second-order valence-corrected chi connectivity index (χ2v) is 5.75. The number of piperidine rings is 1. The highest BCUT2D eigenvalue weighted by molar-refractivity contribution is 6.33. The Labute approximate surface area is 126 Å². The van der Waals surface area contributed by atoms with E-state index in [1.165, 1.54) is 19.4 Å². The van der Waals surface area contributed by atoms with E-state index in [0.29, 0.717) is 22.4 Å². The molecule has 20 heavy (non-hydrogen) atoms. The quantitative estimate of drug-likeness (QED) is 0.905. The van der Waals surface area contributed by atoms with Gasteiger partial charge in [0, 0.05) is 25.2 Å². The molecule has 1 atom stereocenters. The minimum absolute atomic E-state index is 0.653. The molecule has 0 bridgehead atoms. The van der Waals surface area contributed by atoms with E-state index in [-0.39, 0.29) is 0 Å². The van der Waals surface area contributed by atoms with E-state index < -0.39 is 0 Å². The Morgan fingerprint density at radius 3 is 2.65 bits per heavy atom. The van der Waals surface area contributed by atoms with Crippen molar-refractivity contribution >= 4 is 17.3 Å². The number of nitrogens with one attached hydrogen (secondary N) is 1. The highest BCUT2D eigenvalue weighted by atomic mass is 35.5. The number of hydrogen-bond acceptors (Lipinski definition) is 4. The monoisotopic (exact) mass is 298 g/mol. The van der Waals surface area contributed by atoms with Crippen LogP contribution in [0.4, 0.5) is 5.69 Å². The van der Waals surface area contributed by atoms with E-state index in [1.54, 1.807) is 20.3 Å². The van der Waals surface area contributed by atoms with E-state index >= 15 is 0 Å². The number of likely N-dealkylation sites (tertiary alicyclic amines) is 1. The van der Waals surface area contributed by atoms with Crippen LogP contribution in [0.25, 0.3) is 0 Å². The van der Waals surface area contributed by atoms with Crippen LogP contribution >= 0.6 is 11.6 Å². The molecule has 1 heterocycles. The largest absolute Gasteiger partial charge is 0.493 e. The maximum absolute atomic E-state index is 6.27. The van der Waals surface area contributed by atoms with Gasteiger partial charge in [0.15, 0.2) is 11.5 Å². The number of benzene rings is 1. The van der Waals surface area contributed by atoms with Crippen LogP contribution in [0, 0.1) is 5.92 Å². The number of hydrogen-bond donors (Lipinski definition) is 1. The first-order chi connectivity index (χ1) is 9.63. The average molecular weight is 299 g/mol. The van der Waals surface area contributed by atoms with Gasteiger partial charge in [-0.05, 0) is 32.4 Å².